The molecule has 0 fully saturated rings. The van der Waals surface area contributed by atoms with Crippen LogP contribution in [-0.4, -0.2) is 4.57 Å². The van der Waals surface area contributed by atoms with Crippen LogP contribution in [0.4, 0.5) is 14.5 Å². The summed E-state index contributed by atoms with van der Waals surface area (Å²) >= 11 is 0. The number of hydrogen-bond acceptors (Lipinski definition) is 2. The Morgan fingerprint density at radius 3 is 2.11 bits per heavy atom. The van der Waals surface area contributed by atoms with Gasteiger partial charge < -0.3 is 10.3 Å². The van der Waals surface area contributed by atoms with E-state index in [9.17, 15) is 13.6 Å². The molecule has 2 rings (SSSR count). The van der Waals surface area contributed by atoms with E-state index >= 15 is 0 Å². The zero-order valence-corrected chi connectivity index (χ0v) is 10.00. The maximum Gasteiger partial charge on any atom is 0.182 e. The van der Waals surface area contributed by atoms with Crippen molar-refractivity contribution in [2.24, 2.45) is 0 Å². The molecule has 0 aliphatic heterocycles. The van der Waals surface area contributed by atoms with Gasteiger partial charge in [0, 0.05) is 29.6 Å². The first-order valence-corrected chi connectivity index (χ1v) is 5.35. The van der Waals surface area contributed by atoms with Crippen LogP contribution >= 0.6 is 0 Å². The molecular formula is C13H12F2N2O. The van der Waals surface area contributed by atoms with Crippen LogP contribution in [0.25, 0.3) is 5.69 Å². The second-order valence-corrected chi connectivity index (χ2v) is 4.13. The molecule has 0 atom stereocenters. The minimum absolute atomic E-state index is 0.129. The third kappa shape index (κ3) is 1.99. The Morgan fingerprint density at radius 2 is 1.56 bits per heavy atom. The Kier molecular flexibility index (Phi) is 2.90. The minimum Gasteiger partial charge on any atom is -0.396 e. The van der Waals surface area contributed by atoms with E-state index in [4.69, 9.17) is 5.73 Å². The van der Waals surface area contributed by atoms with Crippen LogP contribution in [0.15, 0.2) is 29.1 Å². The first-order chi connectivity index (χ1) is 8.40. The van der Waals surface area contributed by atoms with Crippen molar-refractivity contribution in [2.45, 2.75) is 13.8 Å². The lowest BCUT2D eigenvalue weighted by Gasteiger charge is -2.15. The molecule has 0 spiro atoms. The number of aromatic nitrogens is 1. The largest absolute Gasteiger partial charge is 0.396 e. The second kappa shape index (κ2) is 4.25. The van der Waals surface area contributed by atoms with E-state index in [1.807, 2.05) is 0 Å². The monoisotopic (exact) mass is 250 g/mol. The SMILES string of the molecule is Cc1cc(=O)cc(C)n1-c1cc(N)c(F)cc1F. The molecule has 94 valence electrons. The molecular weight excluding hydrogens is 238 g/mol. The number of nitrogens with zero attached hydrogens (tertiary/aromatic N) is 1. The number of pyridine rings is 1. The van der Waals surface area contributed by atoms with Gasteiger partial charge in [-0.1, -0.05) is 0 Å². The lowest BCUT2D eigenvalue weighted by molar-refractivity contribution is 0.578. The maximum absolute atomic E-state index is 13.8. The van der Waals surface area contributed by atoms with Gasteiger partial charge in [-0.15, -0.1) is 0 Å². The summed E-state index contributed by atoms with van der Waals surface area (Å²) in [6.07, 6.45) is 0. The molecule has 0 saturated carbocycles. The Bertz CT molecular complexity index is 651. The molecule has 1 aromatic heterocycles. The van der Waals surface area contributed by atoms with Gasteiger partial charge in [-0.3, -0.25) is 4.79 Å². The van der Waals surface area contributed by atoms with Crippen molar-refractivity contribution in [3.8, 4) is 5.69 Å². The van der Waals surface area contributed by atoms with E-state index in [1.54, 1.807) is 13.8 Å². The Morgan fingerprint density at radius 1 is 1.00 bits per heavy atom. The summed E-state index contributed by atoms with van der Waals surface area (Å²) in [4.78, 5) is 11.3. The molecule has 1 aromatic carbocycles. The lowest BCUT2D eigenvalue weighted by atomic mass is 10.2. The summed E-state index contributed by atoms with van der Waals surface area (Å²) in [5, 5.41) is 0. The number of nitrogens with two attached hydrogens (primary N) is 1. The minimum atomic E-state index is -0.799. The van der Waals surface area contributed by atoms with E-state index in [0.29, 0.717) is 11.4 Å². The van der Waals surface area contributed by atoms with Gasteiger partial charge in [-0.2, -0.15) is 0 Å². The Labute approximate surface area is 102 Å². The fourth-order valence-electron chi connectivity index (χ4n) is 1.97. The van der Waals surface area contributed by atoms with Crippen molar-refractivity contribution < 1.29 is 8.78 Å². The third-order valence-corrected chi connectivity index (χ3v) is 2.71. The van der Waals surface area contributed by atoms with Crippen LogP contribution < -0.4 is 11.2 Å². The van der Waals surface area contributed by atoms with E-state index in [-0.39, 0.29) is 16.8 Å². The molecule has 0 aliphatic carbocycles. The predicted molar refractivity (Wildman–Crippen MR) is 65.8 cm³/mol. The van der Waals surface area contributed by atoms with E-state index in [2.05, 4.69) is 0 Å². The molecule has 18 heavy (non-hydrogen) atoms. The van der Waals surface area contributed by atoms with Gasteiger partial charge in [0.05, 0.1) is 11.4 Å². The molecule has 2 N–H and O–H groups in total. The van der Waals surface area contributed by atoms with Gasteiger partial charge in [-0.05, 0) is 19.9 Å². The summed E-state index contributed by atoms with van der Waals surface area (Å²) in [6.45, 7) is 3.35. The van der Waals surface area contributed by atoms with Gasteiger partial charge in [0.1, 0.15) is 11.6 Å². The summed E-state index contributed by atoms with van der Waals surface area (Å²) < 4.78 is 28.4. The van der Waals surface area contributed by atoms with Crippen molar-refractivity contribution in [1.82, 2.24) is 4.57 Å². The second-order valence-electron chi connectivity index (χ2n) is 4.13. The summed E-state index contributed by atoms with van der Waals surface area (Å²) in [7, 11) is 0. The van der Waals surface area contributed by atoms with Crippen LogP contribution in [0.5, 0.6) is 0 Å². The van der Waals surface area contributed by atoms with Crippen LogP contribution in [0.1, 0.15) is 11.4 Å². The summed E-state index contributed by atoms with van der Waals surface area (Å²) in [5.41, 5.74) is 6.40. The zero-order valence-electron chi connectivity index (χ0n) is 10.00. The van der Waals surface area contributed by atoms with Crippen LogP contribution in [0.3, 0.4) is 0 Å². The Balaban J connectivity index is 2.77. The average Bonchev–Trinajstić information content (AvgIpc) is 2.24. The van der Waals surface area contributed by atoms with Crippen LogP contribution in [0.2, 0.25) is 0 Å². The highest BCUT2D eigenvalue weighted by Crippen LogP contribution is 2.22. The standard InChI is InChI=1S/C13H12F2N2O/c1-7-3-9(18)4-8(2)17(7)13-6-12(16)10(14)5-11(13)15/h3-6H,16H2,1-2H3. The van der Waals surface area contributed by atoms with Gasteiger partial charge in [0.2, 0.25) is 0 Å². The topological polar surface area (TPSA) is 48.0 Å². The fraction of sp³-hybridized carbons (Fsp3) is 0.154. The number of aryl methyl sites for hydroxylation is 2. The summed E-state index contributed by atoms with van der Waals surface area (Å²) in [5.74, 6) is -1.52. The van der Waals surface area contributed by atoms with Crippen molar-refractivity contribution in [3.63, 3.8) is 0 Å². The van der Waals surface area contributed by atoms with Gasteiger partial charge in [-0.25, -0.2) is 8.78 Å². The van der Waals surface area contributed by atoms with Crippen molar-refractivity contribution >= 4 is 5.69 Å². The average molecular weight is 250 g/mol. The van der Waals surface area contributed by atoms with Crippen molar-refractivity contribution in [3.05, 3.63) is 57.5 Å². The molecule has 0 amide bonds. The number of rotatable bonds is 1. The van der Waals surface area contributed by atoms with Gasteiger partial charge in [0.25, 0.3) is 0 Å². The van der Waals surface area contributed by atoms with Gasteiger partial charge in [0.15, 0.2) is 5.43 Å². The molecule has 1 heterocycles. The highest BCUT2D eigenvalue weighted by Gasteiger charge is 2.12. The number of nitrogen functional groups attached to an aromatic ring is 1. The highest BCUT2D eigenvalue weighted by molar-refractivity contribution is 5.51. The third-order valence-electron chi connectivity index (χ3n) is 2.71. The molecule has 3 nitrogen and oxygen atoms in total. The number of hydrogen-bond donors (Lipinski definition) is 1. The van der Waals surface area contributed by atoms with Crippen molar-refractivity contribution in [2.75, 3.05) is 5.73 Å². The normalized spacial score (nSPS) is 10.7. The molecule has 0 bridgehead atoms. The van der Waals surface area contributed by atoms with E-state index in [0.717, 1.165) is 6.07 Å². The molecule has 0 unspecified atom stereocenters. The first-order valence-electron chi connectivity index (χ1n) is 5.35. The number of halogens is 2. The molecule has 0 aliphatic rings. The first kappa shape index (κ1) is 12.3. The molecule has 5 heteroatoms. The lowest BCUT2D eigenvalue weighted by Crippen LogP contribution is -2.13. The van der Waals surface area contributed by atoms with Crippen molar-refractivity contribution in [1.29, 1.82) is 0 Å². The van der Waals surface area contributed by atoms with E-state index in [1.165, 1.54) is 22.8 Å². The zero-order chi connectivity index (χ0) is 13.4. The fourth-order valence-corrected chi connectivity index (χ4v) is 1.97. The van der Waals surface area contributed by atoms with Crippen LogP contribution in [0, 0.1) is 25.5 Å². The Hall–Kier alpha value is -2.17. The number of anilines is 1. The molecule has 0 saturated heterocycles. The predicted octanol–water partition coefficient (Wildman–Crippen LogP) is 2.31. The quantitative estimate of drug-likeness (QED) is 0.789. The highest BCUT2D eigenvalue weighted by atomic mass is 19.1. The summed E-state index contributed by atoms with van der Waals surface area (Å²) in [6, 6.07) is 4.72. The van der Waals surface area contributed by atoms with Gasteiger partial charge >= 0.3 is 0 Å². The van der Waals surface area contributed by atoms with E-state index < -0.39 is 11.6 Å². The van der Waals surface area contributed by atoms with Crippen LogP contribution in [-0.2, 0) is 0 Å². The maximum atomic E-state index is 13.8. The molecule has 2 aromatic rings. The molecule has 0 radical (unpaired) electrons. The number of benzene rings is 1. The smallest absolute Gasteiger partial charge is 0.182 e.